The predicted octanol–water partition coefficient (Wildman–Crippen LogP) is 4.34. The molecule has 26 heavy (non-hydrogen) atoms. The number of fused-ring (bicyclic) bond motifs is 1. The third-order valence-corrected chi connectivity index (χ3v) is 5.00. The van der Waals surface area contributed by atoms with Gasteiger partial charge in [-0.15, -0.1) is 0 Å². The summed E-state index contributed by atoms with van der Waals surface area (Å²) in [6.45, 7) is 1.28. The van der Waals surface area contributed by atoms with Gasteiger partial charge in [0.05, 0.1) is 17.1 Å². The minimum Gasteiger partial charge on any atom is -0.481 e. The van der Waals surface area contributed by atoms with Crippen molar-refractivity contribution in [3.63, 3.8) is 0 Å². The molecule has 4 rings (SSSR count). The first-order valence-corrected chi connectivity index (χ1v) is 8.75. The van der Waals surface area contributed by atoms with E-state index in [0.717, 1.165) is 27.8 Å². The molecule has 1 saturated heterocycles. The van der Waals surface area contributed by atoms with Crippen molar-refractivity contribution in [1.82, 2.24) is 4.98 Å². The van der Waals surface area contributed by atoms with Crippen molar-refractivity contribution >= 4 is 22.6 Å². The third kappa shape index (κ3) is 3.12. The van der Waals surface area contributed by atoms with E-state index in [1.807, 2.05) is 36.4 Å². The molecule has 0 unspecified atom stereocenters. The summed E-state index contributed by atoms with van der Waals surface area (Å²) < 4.78 is 13.9. The number of aromatic nitrogens is 1. The van der Waals surface area contributed by atoms with Crippen LogP contribution in [-0.4, -0.2) is 29.1 Å². The molecule has 0 spiro atoms. The number of carboxylic acid groups (broad SMARTS) is 1. The summed E-state index contributed by atoms with van der Waals surface area (Å²) in [6.07, 6.45) is 1.18. The molecule has 0 atom stereocenters. The number of aliphatic carboxylic acids is 1. The van der Waals surface area contributed by atoms with Gasteiger partial charge in [0, 0.05) is 29.7 Å². The van der Waals surface area contributed by atoms with Gasteiger partial charge in [-0.1, -0.05) is 30.3 Å². The van der Waals surface area contributed by atoms with Gasteiger partial charge in [-0.05, 0) is 37.1 Å². The first kappa shape index (κ1) is 16.5. The zero-order valence-corrected chi connectivity index (χ0v) is 14.2. The van der Waals surface area contributed by atoms with Crippen LogP contribution in [0.4, 0.5) is 10.1 Å². The Morgan fingerprint density at radius 3 is 2.50 bits per heavy atom. The molecule has 0 bridgehead atoms. The van der Waals surface area contributed by atoms with Gasteiger partial charge in [-0.3, -0.25) is 4.79 Å². The van der Waals surface area contributed by atoms with E-state index in [0.29, 0.717) is 25.9 Å². The van der Waals surface area contributed by atoms with E-state index in [2.05, 4.69) is 4.90 Å². The maximum Gasteiger partial charge on any atom is 0.306 e. The van der Waals surface area contributed by atoms with E-state index in [1.54, 1.807) is 6.07 Å². The van der Waals surface area contributed by atoms with E-state index < -0.39 is 5.97 Å². The van der Waals surface area contributed by atoms with Crippen LogP contribution in [0, 0.1) is 11.7 Å². The maximum absolute atomic E-state index is 13.9. The summed E-state index contributed by atoms with van der Waals surface area (Å²) in [7, 11) is 0. The van der Waals surface area contributed by atoms with Gasteiger partial charge in [0.2, 0.25) is 0 Å². The molecule has 5 heteroatoms. The molecule has 0 radical (unpaired) electrons. The number of hydrogen-bond acceptors (Lipinski definition) is 3. The molecule has 0 saturated carbocycles. The molecule has 0 aliphatic carbocycles. The predicted molar refractivity (Wildman–Crippen MR) is 99.7 cm³/mol. The molecular formula is C21H19FN2O2. The molecule has 1 fully saturated rings. The van der Waals surface area contributed by atoms with Crippen molar-refractivity contribution in [3.8, 4) is 11.3 Å². The number of hydrogen-bond donors (Lipinski definition) is 1. The van der Waals surface area contributed by atoms with Crippen molar-refractivity contribution in [2.45, 2.75) is 12.8 Å². The molecule has 0 amide bonds. The molecule has 1 aromatic heterocycles. The molecule has 2 aromatic carbocycles. The van der Waals surface area contributed by atoms with Crippen LogP contribution >= 0.6 is 0 Å². The van der Waals surface area contributed by atoms with Crippen molar-refractivity contribution in [2.75, 3.05) is 18.0 Å². The van der Waals surface area contributed by atoms with Crippen molar-refractivity contribution in [3.05, 3.63) is 60.4 Å². The zero-order chi connectivity index (χ0) is 18.1. The fourth-order valence-corrected chi connectivity index (χ4v) is 3.57. The van der Waals surface area contributed by atoms with Crippen LogP contribution in [-0.2, 0) is 4.79 Å². The van der Waals surface area contributed by atoms with Gasteiger partial charge in [0.1, 0.15) is 5.82 Å². The van der Waals surface area contributed by atoms with Crippen molar-refractivity contribution < 1.29 is 14.3 Å². The summed E-state index contributed by atoms with van der Waals surface area (Å²) in [4.78, 5) is 18.1. The third-order valence-electron chi connectivity index (χ3n) is 5.00. The van der Waals surface area contributed by atoms with E-state index in [-0.39, 0.29) is 11.7 Å². The van der Waals surface area contributed by atoms with Crippen LogP contribution in [0.15, 0.2) is 54.6 Å². The summed E-state index contributed by atoms with van der Waals surface area (Å²) in [6, 6.07) is 16.5. The largest absolute Gasteiger partial charge is 0.481 e. The highest BCUT2D eigenvalue weighted by atomic mass is 19.1. The van der Waals surface area contributed by atoms with E-state index in [4.69, 9.17) is 4.98 Å². The van der Waals surface area contributed by atoms with Crippen molar-refractivity contribution in [1.29, 1.82) is 0 Å². The number of carboxylic acids is 1. The smallest absolute Gasteiger partial charge is 0.306 e. The van der Waals surface area contributed by atoms with E-state index in [1.165, 1.54) is 12.1 Å². The minimum atomic E-state index is -0.736. The number of rotatable bonds is 3. The number of halogens is 1. The van der Waals surface area contributed by atoms with Crippen LogP contribution in [0.5, 0.6) is 0 Å². The average molecular weight is 350 g/mol. The molecule has 2 heterocycles. The second-order valence-corrected chi connectivity index (χ2v) is 6.65. The Bertz CT molecular complexity index is 951. The van der Waals surface area contributed by atoms with Gasteiger partial charge >= 0.3 is 5.97 Å². The normalized spacial score (nSPS) is 15.3. The summed E-state index contributed by atoms with van der Waals surface area (Å²) in [5, 5.41) is 9.98. The fraction of sp³-hybridized carbons (Fsp3) is 0.238. The molecular weight excluding hydrogens is 331 g/mol. The Morgan fingerprint density at radius 1 is 1.08 bits per heavy atom. The van der Waals surface area contributed by atoms with Gasteiger partial charge in [-0.25, -0.2) is 9.37 Å². The van der Waals surface area contributed by atoms with Crippen LogP contribution in [0.25, 0.3) is 22.2 Å². The highest BCUT2D eigenvalue weighted by Gasteiger charge is 2.26. The topological polar surface area (TPSA) is 53.4 Å². The molecule has 3 aromatic rings. The van der Waals surface area contributed by atoms with E-state index >= 15 is 0 Å². The highest BCUT2D eigenvalue weighted by molar-refractivity contribution is 5.94. The number of nitrogens with zero attached hydrogens (tertiary/aromatic N) is 2. The maximum atomic E-state index is 13.9. The Hall–Kier alpha value is -2.95. The fourth-order valence-electron chi connectivity index (χ4n) is 3.57. The standard InChI is InChI=1S/C21H19FN2O2/c22-16-6-7-18-17(12-16)20(24-10-8-15(9-11-24)21(25)26)13-19(23-18)14-4-2-1-3-5-14/h1-7,12-13,15H,8-11H2,(H,25,26). The Morgan fingerprint density at radius 2 is 1.81 bits per heavy atom. The number of pyridine rings is 1. The molecule has 1 aliphatic rings. The first-order valence-electron chi connectivity index (χ1n) is 8.75. The lowest BCUT2D eigenvalue weighted by molar-refractivity contribution is -0.142. The quantitative estimate of drug-likeness (QED) is 0.763. The lowest BCUT2D eigenvalue weighted by Crippen LogP contribution is -2.36. The van der Waals surface area contributed by atoms with Gasteiger partial charge in [0.15, 0.2) is 0 Å². The number of benzene rings is 2. The SMILES string of the molecule is O=C(O)C1CCN(c2cc(-c3ccccc3)nc3ccc(F)cc23)CC1. The second kappa shape index (κ2) is 6.75. The molecule has 1 aliphatic heterocycles. The highest BCUT2D eigenvalue weighted by Crippen LogP contribution is 2.33. The van der Waals surface area contributed by atoms with E-state index in [9.17, 15) is 14.3 Å². The number of anilines is 1. The molecule has 132 valence electrons. The van der Waals surface area contributed by atoms with Crippen LogP contribution in [0.2, 0.25) is 0 Å². The summed E-state index contributed by atoms with van der Waals surface area (Å²) in [5.74, 6) is -1.33. The summed E-state index contributed by atoms with van der Waals surface area (Å²) >= 11 is 0. The number of carbonyl (C=O) groups is 1. The lowest BCUT2D eigenvalue weighted by atomic mass is 9.96. The molecule has 1 N–H and O–H groups in total. The Kier molecular flexibility index (Phi) is 4.29. The van der Waals surface area contributed by atoms with Gasteiger partial charge in [-0.2, -0.15) is 0 Å². The number of piperidine rings is 1. The lowest BCUT2D eigenvalue weighted by Gasteiger charge is -2.33. The van der Waals surface area contributed by atoms with Crippen LogP contribution in [0.1, 0.15) is 12.8 Å². The molecule has 4 nitrogen and oxygen atoms in total. The van der Waals surface area contributed by atoms with Crippen LogP contribution in [0.3, 0.4) is 0 Å². The van der Waals surface area contributed by atoms with Gasteiger partial charge in [0.25, 0.3) is 0 Å². The monoisotopic (exact) mass is 350 g/mol. The Labute approximate surface area is 150 Å². The van der Waals surface area contributed by atoms with Crippen LogP contribution < -0.4 is 4.90 Å². The second-order valence-electron chi connectivity index (χ2n) is 6.65. The average Bonchev–Trinajstić information content (AvgIpc) is 2.68. The Balaban J connectivity index is 1.79. The zero-order valence-electron chi connectivity index (χ0n) is 14.2. The minimum absolute atomic E-state index is 0.298. The van der Waals surface area contributed by atoms with Gasteiger partial charge < -0.3 is 10.0 Å². The summed E-state index contributed by atoms with van der Waals surface area (Å²) in [5.41, 5.74) is 3.49. The van der Waals surface area contributed by atoms with Crippen molar-refractivity contribution in [2.24, 2.45) is 5.92 Å². The first-order chi connectivity index (χ1) is 12.6.